The summed E-state index contributed by atoms with van der Waals surface area (Å²) in [5, 5.41) is 3.70. The normalized spacial score (nSPS) is 14.5. The monoisotopic (exact) mass is 261 g/mol. The molecule has 1 nitrogen and oxygen atoms in total. The van der Waals surface area contributed by atoms with Gasteiger partial charge in [0.15, 0.2) is 0 Å². The van der Waals surface area contributed by atoms with Gasteiger partial charge >= 0.3 is 6.18 Å². The van der Waals surface area contributed by atoms with E-state index in [1.165, 1.54) is 0 Å². The van der Waals surface area contributed by atoms with Gasteiger partial charge in [-0.3, -0.25) is 0 Å². The summed E-state index contributed by atoms with van der Waals surface area (Å²) in [7, 11) is 0. The zero-order chi connectivity index (χ0) is 10.3. The van der Waals surface area contributed by atoms with Crippen LogP contribution in [0.15, 0.2) is 0 Å². The molecule has 0 aliphatic carbocycles. The fourth-order valence-corrected chi connectivity index (χ4v) is 1.55. The maximum Gasteiger partial charge on any atom is 0.390 e. The molecule has 0 aromatic rings. The van der Waals surface area contributed by atoms with Gasteiger partial charge in [-0.25, -0.2) is 0 Å². The van der Waals surface area contributed by atoms with Crippen molar-refractivity contribution in [3.05, 3.63) is 0 Å². The maximum atomic E-state index is 11.7. The Balaban J connectivity index is 3.49. The average Bonchev–Trinajstić information content (AvgIpc) is 2.01. The molecule has 0 rings (SSSR count). The smallest absolute Gasteiger partial charge is 0.314 e. The number of hydrogen-bond donors (Lipinski definition) is 1. The molecule has 0 radical (unpaired) electrons. The van der Waals surface area contributed by atoms with Gasteiger partial charge in [-0.1, -0.05) is 22.9 Å². The van der Waals surface area contributed by atoms with Crippen molar-refractivity contribution < 1.29 is 13.2 Å². The summed E-state index contributed by atoms with van der Waals surface area (Å²) < 4.78 is 35.2. The van der Waals surface area contributed by atoms with Crippen LogP contribution in [-0.4, -0.2) is 24.1 Å². The van der Waals surface area contributed by atoms with Gasteiger partial charge in [0, 0.05) is 17.9 Å². The van der Waals surface area contributed by atoms with Gasteiger partial charge in [0.25, 0.3) is 0 Å². The van der Waals surface area contributed by atoms with E-state index in [4.69, 9.17) is 0 Å². The van der Waals surface area contributed by atoms with Crippen LogP contribution in [0, 0.1) is 0 Å². The van der Waals surface area contributed by atoms with Crippen molar-refractivity contribution in [1.29, 1.82) is 0 Å². The van der Waals surface area contributed by atoms with Crippen LogP contribution in [0.3, 0.4) is 0 Å². The van der Waals surface area contributed by atoms with E-state index in [-0.39, 0.29) is 12.6 Å². The number of rotatable bonds is 6. The Morgan fingerprint density at radius 2 is 2.00 bits per heavy atom. The van der Waals surface area contributed by atoms with Crippen molar-refractivity contribution in [3.8, 4) is 0 Å². The molecule has 13 heavy (non-hydrogen) atoms. The molecule has 1 N–H and O–H groups in total. The van der Waals surface area contributed by atoms with Crippen molar-refractivity contribution in [2.24, 2.45) is 0 Å². The molecule has 0 aliphatic rings. The third-order valence-corrected chi connectivity index (χ3v) is 2.25. The molecule has 1 atom stereocenters. The molecule has 1 unspecified atom stereocenters. The van der Waals surface area contributed by atoms with Crippen molar-refractivity contribution >= 4 is 15.9 Å². The van der Waals surface area contributed by atoms with Gasteiger partial charge < -0.3 is 5.32 Å². The first-order chi connectivity index (χ1) is 5.99. The lowest BCUT2D eigenvalue weighted by molar-refractivity contribution is -0.133. The lowest BCUT2D eigenvalue weighted by Crippen LogP contribution is -2.32. The van der Waals surface area contributed by atoms with Gasteiger partial charge in [0.05, 0.1) is 6.42 Å². The highest BCUT2D eigenvalue weighted by atomic mass is 79.9. The quantitative estimate of drug-likeness (QED) is 0.725. The first-order valence-electron chi connectivity index (χ1n) is 4.35. The van der Waals surface area contributed by atoms with Crippen LogP contribution in [0.25, 0.3) is 0 Å². The molecule has 0 aliphatic heterocycles. The summed E-state index contributed by atoms with van der Waals surface area (Å²) >= 11 is 3.26. The molecule has 0 heterocycles. The van der Waals surface area contributed by atoms with E-state index in [0.717, 1.165) is 18.2 Å². The second-order valence-corrected chi connectivity index (χ2v) is 3.70. The molecule has 0 fully saturated rings. The summed E-state index contributed by atoms with van der Waals surface area (Å²) in [4.78, 5) is 0. The van der Waals surface area contributed by atoms with Crippen molar-refractivity contribution in [1.82, 2.24) is 5.32 Å². The second kappa shape index (κ2) is 6.65. The zero-order valence-corrected chi connectivity index (χ0v) is 9.21. The Morgan fingerprint density at radius 3 is 2.38 bits per heavy atom. The molecule has 80 valence electrons. The second-order valence-electron chi connectivity index (χ2n) is 2.90. The number of hydrogen-bond acceptors (Lipinski definition) is 1. The molecule has 5 heteroatoms. The molecule has 0 saturated heterocycles. The van der Waals surface area contributed by atoms with E-state index in [9.17, 15) is 13.2 Å². The van der Waals surface area contributed by atoms with E-state index >= 15 is 0 Å². The third kappa shape index (κ3) is 8.56. The number of halogens is 4. The predicted octanol–water partition coefficient (Wildman–Crippen LogP) is 3.09. The maximum absolute atomic E-state index is 11.7. The average molecular weight is 262 g/mol. The SMILES string of the molecule is CCC(CCBr)NCCC(F)(F)F. The van der Waals surface area contributed by atoms with Crippen molar-refractivity contribution in [2.45, 2.75) is 38.4 Å². The topological polar surface area (TPSA) is 12.0 Å². The van der Waals surface area contributed by atoms with Crippen LogP contribution < -0.4 is 5.32 Å². The Morgan fingerprint density at radius 1 is 1.38 bits per heavy atom. The molecule has 0 aromatic heterocycles. The van der Waals surface area contributed by atoms with E-state index < -0.39 is 12.6 Å². The van der Waals surface area contributed by atoms with Gasteiger partial charge in [0.2, 0.25) is 0 Å². The molecular weight excluding hydrogens is 247 g/mol. The van der Waals surface area contributed by atoms with Gasteiger partial charge in [-0.05, 0) is 12.8 Å². The molecule has 0 aromatic carbocycles. The van der Waals surface area contributed by atoms with Crippen LogP contribution in [0.4, 0.5) is 13.2 Å². The Kier molecular flexibility index (Phi) is 6.77. The largest absolute Gasteiger partial charge is 0.390 e. The number of nitrogens with one attached hydrogen (secondary N) is 1. The van der Waals surface area contributed by atoms with E-state index in [0.29, 0.717) is 0 Å². The van der Waals surface area contributed by atoms with E-state index in [2.05, 4.69) is 21.2 Å². The lowest BCUT2D eigenvalue weighted by atomic mass is 10.2. The molecular formula is C8H15BrF3N. The van der Waals surface area contributed by atoms with E-state index in [1.54, 1.807) is 0 Å². The Hall–Kier alpha value is 0.230. The predicted molar refractivity (Wildman–Crippen MR) is 51.2 cm³/mol. The minimum absolute atomic E-state index is 0.0228. The standard InChI is InChI=1S/C8H15BrF3N/c1-2-7(3-5-9)13-6-4-8(10,11)12/h7,13H,2-6H2,1H3. The van der Waals surface area contributed by atoms with Crippen LogP contribution in [0.2, 0.25) is 0 Å². The summed E-state index contributed by atoms with van der Waals surface area (Å²) in [5.74, 6) is 0. The molecule has 0 spiro atoms. The Labute approximate surface area is 85.2 Å². The molecule has 0 amide bonds. The highest BCUT2D eigenvalue weighted by Crippen LogP contribution is 2.18. The minimum atomic E-state index is -4.04. The van der Waals surface area contributed by atoms with Gasteiger partial charge in [-0.15, -0.1) is 0 Å². The fourth-order valence-electron chi connectivity index (χ4n) is 1.00. The van der Waals surface area contributed by atoms with Crippen LogP contribution in [0.1, 0.15) is 26.2 Å². The lowest BCUT2D eigenvalue weighted by Gasteiger charge is -2.16. The first kappa shape index (κ1) is 13.2. The minimum Gasteiger partial charge on any atom is -0.314 e. The third-order valence-electron chi connectivity index (χ3n) is 1.79. The summed E-state index contributed by atoms with van der Waals surface area (Å²) in [6.07, 6.45) is -3.05. The highest BCUT2D eigenvalue weighted by molar-refractivity contribution is 9.09. The van der Waals surface area contributed by atoms with E-state index in [1.807, 2.05) is 6.92 Å². The summed E-state index contributed by atoms with van der Waals surface area (Å²) in [5.41, 5.74) is 0. The van der Waals surface area contributed by atoms with Crippen molar-refractivity contribution in [3.63, 3.8) is 0 Å². The highest BCUT2D eigenvalue weighted by Gasteiger charge is 2.26. The number of alkyl halides is 4. The summed E-state index contributed by atoms with van der Waals surface area (Å²) in [6.45, 7) is 1.99. The van der Waals surface area contributed by atoms with Gasteiger partial charge in [0.1, 0.15) is 0 Å². The van der Waals surface area contributed by atoms with Gasteiger partial charge in [-0.2, -0.15) is 13.2 Å². The molecule has 0 saturated carbocycles. The van der Waals surface area contributed by atoms with Crippen LogP contribution in [0.5, 0.6) is 0 Å². The Bertz CT molecular complexity index is 127. The summed E-state index contributed by atoms with van der Waals surface area (Å²) in [6, 6.07) is 0.196. The van der Waals surface area contributed by atoms with Crippen LogP contribution in [-0.2, 0) is 0 Å². The molecule has 0 bridgehead atoms. The first-order valence-corrected chi connectivity index (χ1v) is 5.48. The van der Waals surface area contributed by atoms with Crippen molar-refractivity contribution in [2.75, 3.05) is 11.9 Å². The van der Waals surface area contributed by atoms with Crippen LogP contribution >= 0.6 is 15.9 Å². The fraction of sp³-hybridized carbons (Fsp3) is 1.00. The zero-order valence-electron chi connectivity index (χ0n) is 7.62.